The third kappa shape index (κ3) is 4.27. The largest absolute Gasteiger partial charge is 0.514 e. The van der Waals surface area contributed by atoms with Crippen molar-refractivity contribution in [3.63, 3.8) is 0 Å². The zero-order chi connectivity index (χ0) is 12.8. The normalized spacial score (nSPS) is 9.35. The number of rotatable bonds is 2. The number of hydrogen-bond donors (Lipinski definition) is 0. The predicted octanol–water partition coefficient (Wildman–Crippen LogP) is 2.13. The molecule has 1 heterocycles. The van der Waals surface area contributed by atoms with Gasteiger partial charge in [-0.1, -0.05) is 15.9 Å². The van der Waals surface area contributed by atoms with Crippen LogP contribution in [-0.2, 0) is 9.47 Å². The zero-order valence-electron chi connectivity index (χ0n) is 8.93. The molecule has 92 valence electrons. The predicted molar refractivity (Wildman–Crippen MR) is 58.0 cm³/mol. The van der Waals surface area contributed by atoms with Crippen LogP contribution in [0.25, 0.3) is 0 Å². The van der Waals surface area contributed by atoms with Gasteiger partial charge in [-0.05, 0) is 0 Å². The summed E-state index contributed by atoms with van der Waals surface area (Å²) >= 11 is 3.13. The van der Waals surface area contributed by atoms with E-state index in [1.165, 1.54) is 12.1 Å². The fourth-order valence-electron chi connectivity index (χ4n) is 0.809. The van der Waals surface area contributed by atoms with Crippen molar-refractivity contribution in [2.45, 2.75) is 0 Å². The molecule has 0 atom stereocenters. The van der Waals surface area contributed by atoms with E-state index in [4.69, 9.17) is 0 Å². The number of nitrogens with zero attached hydrogens (tertiary/aromatic N) is 1. The number of halogens is 1. The first-order chi connectivity index (χ1) is 8.05. The highest BCUT2D eigenvalue weighted by Gasteiger charge is 2.11. The first kappa shape index (κ1) is 13.2. The SMILES string of the molecule is COC(=O)Oc1cc(Br)cc(OC(=O)OC)n1. The first-order valence-corrected chi connectivity index (χ1v) is 5.03. The Morgan fingerprint density at radius 3 is 1.82 bits per heavy atom. The van der Waals surface area contributed by atoms with Crippen molar-refractivity contribution in [2.24, 2.45) is 0 Å². The van der Waals surface area contributed by atoms with Gasteiger partial charge < -0.3 is 18.9 Å². The zero-order valence-corrected chi connectivity index (χ0v) is 10.5. The van der Waals surface area contributed by atoms with Crippen molar-refractivity contribution in [3.8, 4) is 11.8 Å². The Bertz CT molecular complexity index is 399. The van der Waals surface area contributed by atoms with Crippen LogP contribution in [0.2, 0.25) is 0 Å². The Morgan fingerprint density at radius 2 is 1.47 bits per heavy atom. The van der Waals surface area contributed by atoms with Crippen LogP contribution >= 0.6 is 15.9 Å². The van der Waals surface area contributed by atoms with Crippen LogP contribution < -0.4 is 9.47 Å². The summed E-state index contributed by atoms with van der Waals surface area (Å²) in [7, 11) is 2.32. The van der Waals surface area contributed by atoms with E-state index in [0.717, 1.165) is 14.2 Å². The Kier molecular flexibility index (Phi) is 4.70. The smallest absolute Gasteiger partial charge is 0.437 e. The third-order valence-electron chi connectivity index (χ3n) is 1.45. The van der Waals surface area contributed by atoms with Crippen LogP contribution in [0, 0.1) is 0 Å². The molecule has 0 aliphatic carbocycles. The lowest BCUT2D eigenvalue weighted by atomic mass is 10.5. The molecular weight excluding hydrogens is 298 g/mol. The lowest BCUT2D eigenvalue weighted by molar-refractivity contribution is 0.116. The minimum absolute atomic E-state index is 0.0786. The quantitative estimate of drug-likeness (QED) is 0.774. The highest BCUT2D eigenvalue weighted by molar-refractivity contribution is 9.10. The lowest BCUT2D eigenvalue weighted by Gasteiger charge is -2.05. The summed E-state index contributed by atoms with van der Waals surface area (Å²) in [5.41, 5.74) is 0. The van der Waals surface area contributed by atoms with Gasteiger partial charge in [-0.3, -0.25) is 0 Å². The molecule has 1 rings (SSSR count). The number of methoxy groups -OCH3 is 2. The van der Waals surface area contributed by atoms with Crippen LogP contribution in [0.4, 0.5) is 9.59 Å². The van der Waals surface area contributed by atoms with E-state index in [2.05, 4.69) is 39.9 Å². The van der Waals surface area contributed by atoms with Gasteiger partial charge in [-0.15, -0.1) is 0 Å². The summed E-state index contributed by atoms with van der Waals surface area (Å²) in [5, 5.41) is 0. The second kappa shape index (κ2) is 6.04. The fraction of sp³-hybridized carbons (Fsp3) is 0.222. The molecule has 0 spiro atoms. The molecule has 0 unspecified atom stereocenters. The minimum atomic E-state index is -0.931. The Balaban J connectivity index is 2.86. The standard InChI is InChI=1S/C9H8BrNO6/c1-14-8(12)16-6-3-5(10)4-7(11-6)17-9(13)15-2/h3-4H,1-2H3. The first-order valence-electron chi connectivity index (χ1n) is 4.24. The molecule has 17 heavy (non-hydrogen) atoms. The number of carbonyl (C=O) groups excluding carboxylic acids is 2. The van der Waals surface area contributed by atoms with Crippen molar-refractivity contribution >= 4 is 28.2 Å². The van der Waals surface area contributed by atoms with Gasteiger partial charge in [0, 0.05) is 16.6 Å². The van der Waals surface area contributed by atoms with Gasteiger partial charge in [0.25, 0.3) is 0 Å². The van der Waals surface area contributed by atoms with Crippen molar-refractivity contribution in [2.75, 3.05) is 14.2 Å². The molecule has 7 nitrogen and oxygen atoms in total. The molecule has 0 saturated heterocycles. The molecule has 0 N–H and O–H groups in total. The van der Waals surface area contributed by atoms with Gasteiger partial charge >= 0.3 is 12.3 Å². The minimum Gasteiger partial charge on any atom is -0.437 e. The second-order valence-corrected chi connectivity index (χ2v) is 3.49. The maximum atomic E-state index is 10.8. The topological polar surface area (TPSA) is 84.0 Å². The van der Waals surface area contributed by atoms with Crippen LogP contribution in [0.1, 0.15) is 0 Å². The molecule has 8 heteroatoms. The van der Waals surface area contributed by atoms with Crippen LogP contribution in [0.5, 0.6) is 11.8 Å². The number of pyridine rings is 1. The Labute approximate surface area is 105 Å². The summed E-state index contributed by atoms with van der Waals surface area (Å²) in [6.07, 6.45) is -1.86. The monoisotopic (exact) mass is 305 g/mol. The Morgan fingerprint density at radius 1 is 1.06 bits per heavy atom. The molecule has 0 saturated carbocycles. The number of ether oxygens (including phenoxy) is 4. The van der Waals surface area contributed by atoms with Crippen molar-refractivity contribution < 1.29 is 28.5 Å². The molecule has 1 aromatic rings. The van der Waals surface area contributed by atoms with E-state index >= 15 is 0 Å². The van der Waals surface area contributed by atoms with Crippen LogP contribution in [-0.4, -0.2) is 31.5 Å². The van der Waals surface area contributed by atoms with E-state index in [-0.39, 0.29) is 11.8 Å². The van der Waals surface area contributed by atoms with E-state index in [1.54, 1.807) is 0 Å². The lowest BCUT2D eigenvalue weighted by Crippen LogP contribution is -2.11. The highest BCUT2D eigenvalue weighted by atomic mass is 79.9. The molecular formula is C9H8BrNO6. The van der Waals surface area contributed by atoms with Gasteiger partial charge in [0.15, 0.2) is 0 Å². The number of carbonyl (C=O) groups is 2. The maximum Gasteiger partial charge on any atom is 0.514 e. The third-order valence-corrected chi connectivity index (χ3v) is 1.91. The maximum absolute atomic E-state index is 10.8. The Hall–Kier alpha value is -1.83. The molecule has 1 aromatic heterocycles. The molecule has 0 fully saturated rings. The van der Waals surface area contributed by atoms with Crippen LogP contribution in [0.3, 0.4) is 0 Å². The summed E-state index contributed by atoms with van der Waals surface area (Å²) < 4.78 is 18.4. The van der Waals surface area contributed by atoms with E-state index in [9.17, 15) is 9.59 Å². The van der Waals surface area contributed by atoms with Gasteiger partial charge in [-0.25, -0.2) is 9.59 Å². The average Bonchev–Trinajstić information content (AvgIpc) is 2.27. The van der Waals surface area contributed by atoms with Gasteiger partial charge in [0.2, 0.25) is 11.8 Å². The molecule has 0 aliphatic heterocycles. The summed E-state index contributed by atoms with van der Waals surface area (Å²) in [6, 6.07) is 2.81. The van der Waals surface area contributed by atoms with E-state index in [1.807, 2.05) is 0 Å². The summed E-state index contributed by atoms with van der Waals surface area (Å²) in [6.45, 7) is 0. The van der Waals surface area contributed by atoms with Gasteiger partial charge in [0.1, 0.15) is 0 Å². The molecule has 0 radical (unpaired) electrons. The summed E-state index contributed by atoms with van der Waals surface area (Å²) in [4.78, 5) is 25.4. The molecule has 0 amide bonds. The molecule has 0 aliphatic rings. The van der Waals surface area contributed by atoms with E-state index in [0.29, 0.717) is 4.47 Å². The molecule has 0 aromatic carbocycles. The van der Waals surface area contributed by atoms with Crippen molar-refractivity contribution in [1.82, 2.24) is 4.98 Å². The van der Waals surface area contributed by atoms with Gasteiger partial charge in [0.05, 0.1) is 14.2 Å². The van der Waals surface area contributed by atoms with Gasteiger partial charge in [-0.2, -0.15) is 4.98 Å². The van der Waals surface area contributed by atoms with Crippen molar-refractivity contribution in [3.05, 3.63) is 16.6 Å². The van der Waals surface area contributed by atoms with Crippen molar-refractivity contribution in [1.29, 1.82) is 0 Å². The number of aromatic nitrogens is 1. The highest BCUT2D eigenvalue weighted by Crippen LogP contribution is 2.22. The number of hydrogen-bond acceptors (Lipinski definition) is 7. The van der Waals surface area contributed by atoms with E-state index < -0.39 is 12.3 Å². The molecule has 0 bridgehead atoms. The summed E-state index contributed by atoms with van der Waals surface area (Å²) in [5.74, 6) is -0.157. The second-order valence-electron chi connectivity index (χ2n) is 2.57. The fourth-order valence-corrected chi connectivity index (χ4v) is 1.20. The van der Waals surface area contributed by atoms with Crippen LogP contribution in [0.15, 0.2) is 16.6 Å². The average molecular weight is 306 g/mol.